The standard InChI is InChI=1S/C21H28BNO3/c1-18(10-9-15-23-2)21(19-11-5-3-6-12-19,20-13-7-4-8-14-20)26-22-24-16-17-25-22/h3-8,11-14,18,23H,9-10,15-17H2,1-2H3/t18-/m1/s1. The highest BCUT2D eigenvalue weighted by Gasteiger charge is 2.46. The van der Waals surface area contributed by atoms with E-state index in [1.54, 1.807) is 0 Å². The van der Waals surface area contributed by atoms with Gasteiger partial charge in [0.1, 0.15) is 5.60 Å². The fraction of sp³-hybridized carbons (Fsp3) is 0.429. The molecule has 3 rings (SSSR count). The highest BCUT2D eigenvalue weighted by molar-refractivity contribution is 6.37. The molecule has 1 fully saturated rings. The molecule has 1 aliphatic heterocycles. The molecule has 0 aromatic heterocycles. The molecule has 0 aliphatic carbocycles. The number of hydrogen-bond donors (Lipinski definition) is 1. The van der Waals surface area contributed by atoms with Crippen molar-refractivity contribution >= 4 is 7.32 Å². The van der Waals surface area contributed by atoms with Crippen LogP contribution in [0.5, 0.6) is 0 Å². The van der Waals surface area contributed by atoms with Crippen molar-refractivity contribution in [1.29, 1.82) is 0 Å². The number of benzene rings is 2. The summed E-state index contributed by atoms with van der Waals surface area (Å²) in [6.07, 6.45) is 2.10. The zero-order valence-corrected chi connectivity index (χ0v) is 15.7. The molecule has 5 heteroatoms. The van der Waals surface area contributed by atoms with E-state index in [-0.39, 0.29) is 5.92 Å². The van der Waals surface area contributed by atoms with E-state index >= 15 is 0 Å². The number of hydrogen-bond acceptors (Lipinski definition) is 4. The molecule has 138 valence electrons. The molecule has 2 aromatic carbocycles. The van der Waals surface area contributed by atoms with E-state index in [1.807, 2.05) is 19.2 Å². The zero-order chi connectivity index (χ0) is 18.2. The minimum atomic E-state index is -0.637. The van der Waals surface area contributed by atoms with E-state index in [9.17, 15) is 0 Å². The van der Waals surface area contributed by atoms with E-state index in [4.69, 9.17) is 14.0 Å². The lowest BCUT2D eigenvalue weighted by Crippen LogP contribution is -2.43. The average Bonchev–Trinajstić information content (AvgIpc) is 3.20. The van der Waals surface area contributed by atoms with Crippen molar-refractivity contribution in [3.63, 3.8) is 0 Å². The van der Waals surface area contributed by atoms with Gasteiger partial charge in [-0.2, -0.15) is 0 Å². The summed E-state index contributed by atoms with van der Waals surface area (Å²) in [5.74, 6) is 0.244. The Bertz CT molecular complexity index is 607. The van der Waals surface area contributed by atoms with Crippen LogP contribution in [0.25, 0.3) is 0 Å². The summed E-state index contributed by atoms with van der Waals surface area (Å²) in [5, 5.41) is 3.24. The summed E-state index contributed by atoms with van der Waals surface area (Å²) in [5.41, 5.74) is 1.63. The van der Waals surface area contributed by atoms with E-state index in [1.165, 1.54) is 0 Å². The summed E-state index contributed by atoms with van der Waals surface area (Å²) in [6, 6.07) is 20.9. The van der Waals surface area contributed by atoms with Gasteiger partial charge in [0.05, 0.1) is 13.2 Å². The minimum absolute atomic E-state index is 0.244. The molecule has 0 spiro atoms. The second-order valence-corrected chi connectivity index (χ2v) is 6.76. The Morgan fingerprint density at radius 1 is 1.00 bits per heavy atom. The second-order valence-electron chi connectivity index (χ2n) is 6.76. The lowest BCUT2D eigenvalue weighted by atomic mass is 9.74. The van der Waals surface area contributed by atoms with E-state index in [0.717, 1.165) is 30.5 Å². The van der Waals surface area contributed by atoms with Crippen LogP contribution in [-0.4, -0.2) is 34.1 Å². The molecule has 0 radical (unpaired) electrons. The lowest BCUT2D eigenvalue weighted by Gasteiger charge is -2.41. The number of rotatable bonds is 9. The predicted molar refractivity (Wildman–Crippen MR) is 105 cm³/mol. The SMILES string of the molecule is CNCCC[C@@H](C)C(OB1OCCO1)(c1ccccc1)c1ccccc1. The van der Waals surface area contributed by atoms with Crippen molar-refractivity contribution in [1.82, 2.24) is 5.32 Å². The summed E-state index contributed by atoms with van der Waals surface area (Å²) >= 11 is 0. The second kappa shape index (κ2) is 9.33. The van der Waals surface area contributed by atoms with Crippen LogP contribution in [0.1, 0.15) is 30.9 Å². The van der Waals surface area contributed by atoms with Gasteiger partial charge in [0.25, 0.3) is 0 Å². The molecule has 1 aliphatic rings. The van der Waals surface area contributed by atoms with Crippen molar-refractivity contribution in [2.75, 3.05) is 26.8 Å². The molecule has 4 nitrogen and oxygen atoms in total. The van der Waals surface area contributed by atoms with Crippen molar-refractivity contribution < 1.29 is 14.0 Å². The van der Waals surface area contributed by atoms with Gasteiger partial charge >= 0.3 is 7.32 Å². The first kappa shape index (κ1) is 19.1. The summed E-state index contributed by atoms with van der Waals surface area (Å²) in [4.78, 5) is 0. The van der Waals surface area contributed by atoms with E-state index in [0.29, 0.717) is 13.2 Å². The average molecular weight is 353 g/mol. The Kier molecular flexibility index (Phi) is 6.86. The topological polar surface area (TPSA) is 39.7 Å². The van der Waals surface area contributed by atoms with Crippen LogP contribution in [0.4, 0.5) is 0 Å². The highest BCUT2D eigenvalue weighted by Crippen LogP contribution is 2.43. The van der Waals surface area contributed by atoms with Crippen LogP contribution in [0.3, 0.4) is 0 Å². The lowest BCUT2D eigenvalue weighted by molar-refractivity contribution is 0.00114. The molecule has 1 saturated heterocycles. The van der Waals surface area contributed by atoms with Crippen LogP contribution < -0.4 is 5.32 Å². The summed E-state index contributed by atoms with van der Waals surface area (Å²) in [6.45, 7) is 4.38. The molecule has 0 bridgehead atoms. The van der Waals surface area contributed by atoms with Crippen molar-refractivity contribution in [2.45, 2.75) is 25.4 Å². The van der Waals surface area contributed by atoms with E-state index in [2.05, 4.69) is 60.8 Å². The Hall–Kier alpha value is -1.66. The van der Waals surface area contributed by atoms with Gasteiger partial charge in [0.15, 0.2) is 0 Å². The normalized spacial score (nSPS) is 16.0. The van der Waals surface area contributed by atoms with Gasteiger partial charge in [-0.3, -0.25) is 0 Å². The van der Waals surface area contributed by atoms with Crippen LogP contribution in [0.15, 0.2) is 60.7 Å². The maximum absolute atomic E-state index is 6.60. The molecule has 0 saturated carbocycles. The van der Waals surface area contributed by atoms with Gasteiger partial charge in [-0.15, -0.1) is 0 Å². The molecule has 0 unspecified atom stereocenters. The first-order valence-corrected chi connectivity index (χ1v) is 9.44. The maximum atomic E-state index is 6.60. The van der Waals surface area contributed by atoms with Gasteiger partial charge in [-0.25, -0.2) is 0 Å². The van der Waals surface area contributed by atoms with Gasteiger partial charge in [-0.1, -0.05) is 67.6 Å². The Morgan fingerprint density at radius 2 is 1.54 bits per heavy atom. The molecule has 1 N–H and O–H groups in total. The van der Waals surface area contributed by atoms with Crippen molar-refractivity contribution in [2.24, 2.45) is 5.92 Å². The monoisotopic (exact) mass is 353 g/mol. The quantitative estimate of drug-likeness (QED) is 0.552. The van der Waals surface area contributed by atoms with Gasteiger partial charge < -0.3 is 19.3 Å². The van der Waals surface area contributed by atoms with Crippen molar-refractivity contribution in [3.05, 3.63) is 71.8 Å². The van der Waals surface area contributed by atoms with Crippen LogP contribution in [0, 0.1) is 5.92 Å². The van der Waals surface area contributed by atoms with Crippen molar-refractivity contribution in [3.8, 4) is 0 Å². The fourth-order valence-electron chi connectivity index (χ4n) is 3.70. The number of nitrogens with one attached hydrogen (secondary N) is 1. The molecular weight excluding hydrogens is 325 g/mol. The van der Waals surface area contributed by atoms with Gasteiger partial charge in [0, 0.05) is 0 Å². The molecular formula is C21H28BNO3. The van der Waals surface area contributed by atoms with Crippen LogP contribution in [0.2, 0.25) is 0 Å². The first-order chi connectivity index (χ1) is 12.8. The first-order valence-electron chi connectivity index (χ1n) is 9.44. The molecule has 26 heavy (non-hydrogen) atoms. The minimum Gasteiger partial charge on any atom is -0.384 e. The summed E-state index contributed by atoms with van der Waals surface area (Å²) < 4.78 is 17.9. The third-order valence-electron chi connectivity index (χ3n) is 5.04. The highest BCUT2D eigenvalue weighted by atomic mass is 16.8. The van der Waals surface area contributed by atoms with Gasteiger partial charge in [-0.05, 0) is 43.5 Å². The Balaban J connectivity index is 2.03. The smallest absolute Gasteiger partial charge is 0.384 e. The Labute approximate surface area is 157 Å². The third kappa shape index (κ3) is 4.18. The van der Waals surface area contributed by atoms with E-state index < -0.39 is 12.9 Å². The molecule has 1 heterocycles. The van der Waals surface area contributed by atoms with Crippen LogP contribution in [-0.2, 0) is 19.6 Å². The molecule has 1 atom stereocenters. The predicted octanol–water partition coefficient (Wildman–Crippen LogP) is 3.61. The largest absolute Gasteiger partial charge is 0.640 e. The zero-order valence-electron chi connectivity index (χ0n) is 15.7. The van der Waals surface area contributed by atoms with Crippen LogP contribution >= 0.6 is 0 Å². The summed E-state index contributed by atoms with van der Waals surface area (Å²) in [7, 11) is 1.35. The fourth-order valence-corrected chi connectivity index (χ4v) is 3.70. The molecule has 2 aromatic rings. The Morgan fingerprint density at radius 3 is 2.04 bits per heavy atom. The molecule has 0 amide bonds. The maximum Gasteiger partial charge on any atom is 0.640 e. The third-order valence-corrected chi connectivity index (χ3v) is 5.04. The van der Waals surface area contributed by atoms with Gasteiger partial charge in [0.2, 0.25) is 0 Å².